The smallest absolute Gasteiger partial charge is 0.295 e. The van der Waals surface area contributed by atoms with E-state index in [-0.39, 0.29) is 29.5 Å². The molecule has 0 aliphatic carbocycles. The number of nitrogens with zero attached hydrogens (tertiary/aromatic N) is 2. The van der Waals surface area contributed by atoms with Gasteiger partial charge in [-0.2, -0.15) is 0 Å². The van der Waals surface area contributed by atoms with Crippen LogP contribution in [-0.4, -0.2) is 84.3 Å². The van der Waals surface area contributed by atoms with Gasteiger partial charge in [-0.05, 0) is 43.7 Å². The molecule has 4 rings (SSSR count). The van der Waals surface area contributed by atoms with Crippen LogP contribution in [0.2, 0.25) is 0 Å². The van der Waals surface area contributed by atoms with E-state index in [0.29, 0.717) is 36.8 Å². The van der Waals surface area contributed by atoms with E-state index in [9.17, 15) is 19.8 Å². The number of methoxy groups -OCH3 is 1. The third-order valence-electron chi connectivity index (χ3n) is 6.31. The first-order chi connectivity index (χ1) is 17.3. The molecule has 2 saturated heterocycles. The van der Waals surface area contributed by atoms with Gasteiger partial charge in [-0.25, -0.2) is 0 Å². The van der Waals surface area contributed by atoms with E-state index in [0.717, 1.165) is 13.1 Å². The Kier molecular flexibility index (Phi) is 7.81. The summed E-state index contributed by atoms with van der Waals surface area (Å²) in [7, 11) is 1.46. The lowest BCUT2D eigenvalue weighted by atomic mass is 9.94. The molecular weight excluding hydrogens is 464 g/mol. The van der Waals surface area contributed by atoms with Crippen molar-refractivity contribution in [2.45, 2.75) is 26.0 Å². The van der Waals surface area contributed by atoms with Crippen LogP contribution in [0.5, 0.6) is 17.2 Å². The molecule has 192 valence electrons. The fourth-order valence-electron chi connectivity index (χ4n) is 4.54. The first kappa shape index (κ1) is 25.5. The van der Waals surface area contributed by atoms with Crippen LogP contribution in [-0.2, 0) is 14.3 Å². The molecule has 2 heterocycles. The molecule has 2 aromatic rings. The number of ether oxygens (including phenoxy) is 3. The van der Waals surface area contributed by atoms with E-state index < -0.39 is 23.5 Å². The summed E-state index contributed by atoms with van der Waals surface area (Å²) in [6.45, 7) is 7.39. The molecular formula is C27H32N2O7. The lowest BCUT2D eigenvalue weighted by Gasteiger charge is -2.31. The first-order valence-electron chi connectivity index (χ1n) is 12.0. The molecule has 36 heavy (non-hydrogen) atoms. The van der Waals surface area contributed by atoms with E-state index in [4.69, 9.17) is 14.2 Å². The largest absolute Gasteiger partial charge is 0.507 e. The lowest BCUT2D eigenvalue weighted by Crippen LogP contribution is -2.42. The highest BCUT2D eigenvalue weighted by molar-refractivity contribution is 6.46. The van der Waals surface area contributed by atoms with Crippen LogP contribution in [0.4, 0.5) is 0 Å². The van der Waals surface area contributed by atoms with Crippen LogP contribution in [0.1, 0.15) is 31.0 Å². The summed E-state index contributed by atoms with van der Waals surface area (Å²) in [5, 5.41) is 21.8. The van der Waals surface area contributed by atoms with Gasteiger partial charge in [0.1, 0.15) is 23.0 Å². The zero-order valence-corrected chi connectivity index (χ0v) is 20.8. The second-order valence-electron chi connectivity index (χ2n) is 9.07. The number of aliphatic hydroxyl groups is 1. The van der Waals surface area contributed by atoms with Gasteiger partial charge in [-0.1, -0.05) is 12.1 Å². The second kappa shape index (κ2) is 11.0. The van der Waals surface area contributed by atoms with Gasteiger partial charge >= 0.3 is 0 Å². The standard InChI is InChI=1S/C27H32N2O7/c1-17(2)36-20-6-4-5-18(15-20)24-23(25(31)21-8-7-19(34-3)16-22(21)30)26(32)27(33)29(24)10-9-28-11-13-35-14-12-28/h4-8,15-17,24,30-31H,9-14H2,1-3H3/t24-/m0/s1. The summed E-state index contributed by atoms with van der Waals surface area (Å²) in [5.74, 6) is -1.22. The number of amides is 1. The number of phenolic OH excluding ortho intramolecular Hbond substituents is 1. The number of carbonyl (C=O) groups is 2. The average Bonchev–Trinajstić information content (AvgIpc) is 3.12. The third kappa shape index (κ3) is 5.32. The summed E-state index contributed by atoms with van der Waals surface area (Å²) >= 11 is 0. The zero-order valence-electron chi connectivity index (χ0n) is 20.8. The fraction of sp³-hybridized carbons (Fsp3) is 0.407. The van der Waals surface area contributed by atoms with Crippen LogP contribution < -0.4 is 9.47 Å². The molecule has 2 aliphatic rings. The number of morpholine rings is 1. The summed E-state index contributed by atoms with van der Waals surface area (Å²) < 4.78 is 16.4. The summed E-state index contributed by atoms with van der Waals surface area (Å²) in [5.41, 5.74) is 0.592. The molecule has 0 aromatic heterocycles. The predicted octanol–water partition coefficient (Wildman–Crippen LogP) is 2.94. The van der Waals surface area contributed by atoms with Crippen molar-refractivity contribution in [3.8, 4) is 17.2 Å². The number of aromatic hydroxyl groups is 1. The zero-order chi connectivity index (χ0) is 25.8. The van der Waals surface area contributed by atoms with E-state index in [1.807, 2.05) is 13.8 Å². The van der Waals surface area contributed by atoms with Crippen LogP contribution in [0.15, 0.2) is 48.0 Å². The van der Waals surface area contributed by atoms with Crippen molar-refractivity contribution >= 4 is 17.4 Å². The Labute approximate surface area is 210 Å². The third-order valence-corrected chi connectivity index (χ3v) is 6.31. The molecule has 9 nitrogen and oxygen atoms in total. The SMILES string of the molecule is COc1ccc(C(O)=C2C(=O)C(=O)N(CCN3CCOCC3)[C@H]2c2cccc(OC(C)C)c2)c(O)c1. The van der Waals surface area contributed by atoms with Crippen molar-refractivity contribution in [1.82, 2.24) is 9.80 Å². The van der Waals surface area contributed by atoms with Gasteiger partial charge in [0.2, 0.25) is 0 Å². The Morgan fingerprint density at radius 3 is 2.50 bits per heavy atom. The summed E-state index contributed by atoms with van der Waals surface area (Å²) in [4.78, 5) is 30.2. The number of hydrogen-bond donors (Lipinski definition) is 2. The maximum atomic E-state index is 13.3. The molecule has 1 atom stereocenters. The Morgan fingerprint density at radius 1 is 1.08 bits per heavy atom. The highest BCUT2D eigenvalue weighted by Crippen LogP contribution is 2.42. The monoisotopic (exact) mass is 496 g/mol. The first-order valence-corrected chi connectivity index (χ1v) is 12.0. The van der Waals surface area contributed by atoms with Gasteiger partial charge in [-0.3, -0.25) is 14.5 Å². The van der Waals surface area contributed by atoms with Crippen molar-refractivity contribution in [1.29, 1.82) is 0 Å². The molecule has 0 unspecified atom stereocenters. The van der Waals surface area contributed by atoms with Crippen molar-refractivity contribution in [2.24, 2.45) is 0 Å². The van der Waals surface area contributed by atoms with Crippen molar-refractivity contribution in [3.63, 3.8) is 0 Å². The van der Waals surface area contributed by atoms with Gasteiger partial charge < -0.3 is 29.3 Å². The molecule has 2 aliphatic heterocycles. The predicted molar refractivity (Wildman–Crippen MR) is 133 cm³/mol. The quantitative estimate of drug-likeness (QED) is 0.326. The van der Waals surface area contributed by atoms with Crippen LogP contribution in [0, 0.1) is 0 Å². The topological polar surface area (TPSA) is 109 Å². The van der Waals surface area contributed by atoms with Gasteiger partial charge in [-0.15, -0.1) is 0 Å². The van der Waals surface area contributed by atoms with Crippen molar-refractivity contribution in [3.05, 3.63) is 59.2 Å². The fourth-order valence-corrected chi connectivity index (χ4v) is 4.54. The lowest BCUT2D eigenvalue weighted by molar-refractivity contribution is -0.140. The second-order valence-corrected chi connectivity index (χ2v) is 9.07. The molecule has 0 radical (unpaired) electrons. The molecule has 0 bridgehead atoms. The number of rotatable bonds is 8. The van der Waals surface area contributed by atoms with Crippen LogP contribution in [0.3, 0.4) is 0 Å². The molecule has 9 heteroatoms. The maximum absolute atomic E-state index is 13.3. The maximum Gasteiger partial charge on any atom is 0.295 e. The van der Waals surface area contributed by atoms with Crippen LogP contribution >= 0.6 is 0 Å². The summed E-state index contributed by atoms with van der Waals surface area (Å²) in [6.07, 6.45) is -0.0656. The molecule has 2 N–H and O–H groups in total. The highest BCUT2D eigenvalue weighted by Gasteiger charge is 2.46. The number of aliphatic hydroxyl groups excluding tert-OH is 1. The Hall–Kier alpha value is -3.56. The van der Waals surface area contributed by atoms with E-state index in [2.05, 4.69) is 4.90 Å². The van der Waals surface area contributed by atoms with E-state index in [1.54, 1.807) is 30.3 Å². The minimum absolute atomic E-state index is 0.0431. The normalized spacial score (nSPS) is 20.2. The molecule has 0 saturated carbocycles. The van der Waals surface area contributed by atoms with Crippen molar-refractivity contribution < 1.29 is 34.0 Å². The average molecular weight is 497 g/mol. The molecule has 2 aromatic carbocycles. The van der Waals surface area contributed by atoms with Gasteiger partial charge in [0.25, 0.3) is 11.7 Å². The van der Waals surface area contributed by atoms with Gasteiger partial charge in [0, 0.05) is 32.2 Å². The number of carbonyl (C=O) groups excluding carboxylic acids is 2. The molecule has 2 fully saturated rings. The Morgan fingerprint density at radius 2 is 1.83 bits per heavy atom. The number of ketones is 1. The molecule has 1 amide bonds. The molecule has 0 spiro atoms. The van der Waals surface area contributed by atoms with E-state index in [1.165, 1.54) is 24.1 Å². The van der Waals surface area contributed by atoms with Crippen LogP contribution in [0.25, 0.3) is 5.76 Å². The number of Topliss-reactive ketones (excluding diaryl/α,β-unsaturated/α-hetero) is 1. The minimum Gasteiger partial charge on any atom is -0.507 e. The van der Waals surface area contributed by atoms with Gasteiger partial charge in [0.15, 0.2) is 0 Å². The minimum atomic E-state index is -0.844. The number of likely N-dealkylation sites (tertiary alicyclic amines) is 1. The number of benzene rings is 2. The van der Waals surface area contributed by atoms with E-state index >= 15 is 0 Å². The number of hydrogen-bond acceptors (Lipinski definition) is 8. The van der Waals surface area contributed by atoms with Crippen molar-refractivity contribution in [2.75, 3.05) is 46.5 Å². The summed E-state index contributed by atoms with van der Waals surface area (Å²) in [6, 6.07) is 10.7. The Bertz CT molecular complexity index is 1150. The number of phenols is 1. The highest BCUT2D eigenvalue weighted by atomic mass is 16.5. The van der Waals surface area contributed by atoms with Gasteiger partial charge in [0.05, 0.1) is 43.6 Å². The Balaban J connectivity index is 1.77.